The molecular formula is C13H15ClN2O3S. The third-order valence-electron chi connectivity index (χ3n) is 2.96. The molecule has 108 valence electrons. The van der Waals surface area contributed by atoms with Crippen LogP contribution in [0.25, 0.3) is 11.0 Å². The summed E-state index contributed by atoms with van der Waals surface area (Å²) in [5.41, 5.74) is 1.08. The Morgan fingerprint density at radius 1 is 1.55 bits per heavy atom. The monoisotopic (exact) mass is 314 g/mol. The molecule has 2 unspecified atom stereocenters. The van der Waals surface area contributed by atoms with Crippen LogP contribution in [0.5, 0.6) is 0 Å². The molecule has 2 aromatic heterocycles. The van der Waals surface area contributed by atoms with E-state index in [0.717, 1.165) is 11.8 Å². The summed E-state index contributed by atoms with van der Waals surface area (Å²) in [7, 11) is 0. The van der Waals surface area contributed by atoms with Gasteiger partial charge in [-0.1, -0.05) is 23.4 Å². The van der Waals surface area contributed by atoms with Gasteiger partial charge in [0.2, 0.25) is 0 Å². The van der Waals surface area contributed by atoms with E-state index in [-0.39, 0.29) is 5.12 Å². The Balaban J connectivity index is 2.14. The Hall–Kier alpha value is -1.08. The van der Waals surface area contributed by atoms with E-state index in [9.17, 15) is 15.0 Å². The summed E-state index contributed by atoms with van der Waals surface area (Å²) in [6.45, 7) is 1.47. The minimum absolute atomic E-state index is 0.00831. The first kappa shape index (κ1) is 15.3. The van der Waals surface area contributed by atoms with E-state index in [0.29, 0.717) is 33.8 Å². The summed E-state index contributed by atoms with van der Waals surface area (Å²) < 4.78 is 0. The van der Waals surface area contributed by atoms with Crippen molar-refractivity contribution in [1.29, 1.82) is 0 Å². The molecule has 2 heterocycles. The second-order valence-corrected chi connectivity index (χ2v) is 6.08. The van der Waals surface area contributed by atoms with Crippen LogP contribution in [0.2, 0.25) is 5.02 Å². The van der Waals surface area contributed by atoms with E-state index < -0.39 is 12.2 Å². The Kier molecular flexibility index (Phi) is 5.04. The highest BCUT2D eigenvalue weighted by atomic mass is 35.5. The lowest BCUT2D eigenvalue weighted by Gasteiger charge is -2.17. The van der Waals surface area contributed by atoms with Gasteiger partial charge in [-0.05, 0) is 12.5 Å². The molecule has 0 amide bonds. The molecule has 2 atom stereocenters. The van der Waals surface area contributed by atoms with Gasteiger partial charge in [0.25, 0.3) is 0 Å². The molecule has 2 aromatic rings. The van der Waals surface area contributed by atoms with Crippen molar-refractivity contribution in [1.82, 2.24) is 9.97 Å². The normalized spacial score (nSPS) is 14.4. The number of aromatic nitrogens is 2. The zero-order valence-electron chi connectivity index (χ0n) is 10.8. The number of aromatic amines is 1. The Labute approximate surface area is 125 Å². The van der Waals surface area contributed by atoms with Crippen molar-refractivity contribution in [3.05, 3.63) is 29.0 Å². The van der Waals surface area contributed by atoms with Gasteiger partial charge in [-0.25, -0.2) is 4.98 Å². The van der Waals surface area contributed by atoms with E-state index in [4.69, 9.17) is 11.6 Å². The van der Waals surface area contributed by atoms with Gasteiger partial charge in [-0.2, -0.15) is 0 Å². The molecule has 2 rings (SSSR count). The number of halogens is 1. The summed E-state index contributed by atoms with van der Waals surface area (Å²) in [5, 5.41) is 21.3. The van der Waals surface area contributed by atoms with Crippen molar-refractivity contribution in [2.24, 2.45) is 0 Å². The lowest BCUT2D eigenvalue weighted by molar-refractivity contribution is -0.109. The third kappa shape index (κ3) is 3.32. The van der Waals surface area contributed by atoms with Crippen molar-refractivity contribution in [3.63, 3.8) is 0 Å². The number of rotatable bonds is 5. The molecule has 3 N–H and O–H groups in total. The average molecular weight is 315 g/mol. The Morgan fingerprint density at radius 3 is 3.00 bits per heavy atom. The maximum atomic E-state index is 10.8. The lowest BCUT2D eigenvalue weighted by atomic mass is 10.0. The number of aliphatic hydroxyl groups is 2. The summed E-state index contributed by atoms with van der Waals surface area (Å²) in [4.78, 5) is 17.9. The number of hydrogen-bond acceptors (Lipinski definition) is 5. The van der Waals surface area contributed by atoms with Crippen LogP contribution in [0.15, 0.2) is 18.5 Å². The zero-order chi connectivity index (χ0) is 14.7. The molecule has 0 spiro atoms. The molecule has 7 heteroatoms. The standard InChI is InChI=1S/C13H15ClN2O3S/c1-7(17)20-5-3-10(18)12(19)8-6-16-13-11(8)9(14)2-4-15-13/h2,4,6,10,12,18-19H,3,5H2,1H3,(H,15,16). The highest BCUT2D eigenvalue weighted by molar-refractivity contribution is 8.13. The van der Waals surface area contributed by atoms with E-state index in [1.807, 2.05) is 0 Å². The minimum atomic E-state index is -1.07. The first-order valence-corrected chi connectivity index (χ1v) is 7.48. The summed E-state index contributed by atoms with van der Waals surface area (Å²) in [6, 6.07) is 1.63. The molecule has 20 heavy (non-hydrogen) atoms. The van der Waals surface area contributed by atoms with E-state index in [2.05, 4.69) is 9.97 Å². The second kappa shape index (κ2) is 6.58. The van der Waals surface area contributed by atoms with E-state index >= 15 is 0 Å². The van der Waals surface area contributed by atoms with Crippen LogP contribution in [0.4, 0.5) is 0 Å². The SMILES string of the molecule is CC(=O)SCCC(O)C(O)c1c[nH]c2nccc(Cl)c12. The predicted octanol–water partition coefficient (Wildman–Crippen LogP) is 2.28. The van der Waals surface area contributed by atoms with Gasteiger partial charge in [0.1, 0.15) is 11.8 Å². The molecule has 0 bridgehead atoms. The van der Waals surface area contributed by atoms with E-state index in [1.165, 1.54) is 6.92 Å². The average Bonchev–Trinajstić information content (AvgIpc) is 2.82. The zero-order valence-corrected chi connectivity index (χ0v) is 12.4. The number of nitrogens with zero attached hydrogens (tertiary/aromatic N) is 1. The van der Waals surface area contributed by atoms with Crippen molar-refractivity contribution < 1.29 is 15.0 Å². The van der Waals surface area contributed by atoms with Crippen LogP contribution in [-0.4, -0.2) is 37.2 Å². The summed E-state index contributed by atoms with van der Waals surface area (Å²) in [5.74, 6) is 0.460. The second-order valence-electron chi connectivity index (χ2n) is 4.40. The third-order valence-corrected chi connectivity index (χ3v) is 4.12. The molecule has 0 aliphatic carbocycles. The Morgan fingerprint density at radius 2 is 2.30 bits per heavy atom. The number of nitrogens with one attached hydrogen (secondary N) is 1. The number of fused-ring (bicyclic) bond motifs is 1. The fraction of sp³-hybridized carbons (Fsp3) is 0.385. The molecule has 0 saturated carbocycles. The van der Waals surface area contributed by atoms with Crippen molar-refractivity contribution in [2.45, 2.75) is 25.6 Å². The Bertz CT molecular complexity index is 617. The largest absolute Gasteiger partial charge is 0.390 e. The van der Waals surface area contributed by atoms with Gasteiger partial charge in [-0.15, -0.1) is 0 Å². The molecular weight excluding hydrogens is 300 g/mol. The molecule has 5 nitrogen and oxygen atoms in total. The number of aliphatic hydroxyl groups excluding tert-OH is 2. The number of carbonyl (C=O) groups is 1. The maximum Gasteiger partial charge on any atom is 0.185 e. The fourth-order valence-electron chi connectivity index (χ4n) is 1.96. The quantitative estimate of drug-likeness (QED) is 0.788. The summed E-state index contributed by atoms with van der Waals surface area (Å²) in [6.07, 6.45) is 1.44. The summed E-state index contributed by atoms with van der Waals surface area (Å²) >= 11 is 7.22. The highest BCUT2D eigenvalue weighted by Gasteiger charge is 2.23. The lowest BCUT2D eigenvalue weighted by Crippen LogP contribution is -2.19. The highest BCUT2D eigenvalue weighted by Crippen LogP contribution is 2.31. The first-order chi connectivity index (χ1) is 9.50. The van der Waals surface area contributed by atoms with E-state index in [1.54, 1.807) is 18.5 Å². The van der Waals surface area contributed by atoms with Crippen LogP contribution in [0.3, 0.4) is 0 Å². The van der Waals surface area contributed by atoms with Crippen LogP contribution < -0.4 is 0 Å². The van der Waals surface area contributed by atoms with Gasteiger partial charge in [0.15, 0.2) is 5.12 Å². The number of carbonyl (C=O) groups excluding carboxylic acids is 1. The molecule has 0 aliphatic rings. The van der Waals surface area contributed by atoms with Gasteiger partial charge >= 0.3 is 0 Å². The van der Waals surface area contributed by atoms with Crippen molar-refractivity contribution >= 4 is 39.5 Å². The van der Waals surface area contributed by atoms with Crippen LogP contribution >= 0.6 is 23.4 Å². The fourth-order valence-corrected chi connectivity index (χ4v) is 2.86. The van der Waals surface area contributed by atoms with Crippen molar-refractivity contribution in [3.8, 4) is 0 Å². The maximum absolute atomic E-state index is 10.8. The molecule has 0 radical (unpaired) electrons. The van der Waals surface area contributed by atoms with Crippen LogP contribution in [0, 0.1) is 0 Å². The number of hydrogen-bond donors (Lipinski definition) is 3. The van der Waals surface area contributed by atoms with Crippen LogP contribution in [0.1, 0.15) is 25.0 Å². The smallest absolute Gasteiger partial charge is 0.185 e. The number of pyridine rings is 1. The first-order valence-electron chi connectivity index (χ1n) is 6.11. The number of thioether (sulfide) groups is 1. The predicted molar refractivity (Wildman–Crippen MR) is 79.8 cm³/mol. The van der Waals surface area contributed by atoms with Crippen molar-refractivity contribution in [2.75, 3.05) is 5.75 Å². The molecule has 0 saturated heterocycles. The van der Waals surface area contributed by atoms with Gasteiger partial charge in [0.05, 0.1) is 11.1 Å². The van der Waals surface area contributed by atoms with Gasteiger partial charge < -0.3 is 15.2 Å². The van der Waals surface area contributed by atoms with Crippen LogP contribution in [-0.2, 0) is 4.79 Å². The number of H-pyrrole nitrogens is 1. The topological polar surface area (TPSA) is 86.2 Å². The molecule has 0 aromatic carbocycles. The molecule has 0 aliphatic heterocycles. The molecule has 0 fully saturated rings. The van der Waals surface area contributed by atoms with Gasteiger partial charge in [-0.3, -0.25) is 4.79 Å². The van der Waals surface area contributed by atoms with Gasteiger partial charge in [0, 0.05) is 36.0 Å². The minimum Gasteiger partial charge on any atom is -0.390 e.